The number of ether oxygens (including phenoxy) is 1. The second-order valence-electron chi connectivity index (χ2n) is 4.14. The van der Waals surface area contributed by atoms with Crippen LogP contribution in [-0.2, 0) is 11.8 Å². The van der Waals surface area contributed by atoms with E-state index in [1.807, 2.05) is 17.9 Å². The first-order chi connectivity index (χ1) is 8.27. The van der Waals surface area contributed by atoms with Crippen LogP contribution in [0.4, 0.5) is 5.82 Å². The van der Waals surface area contributed by atoms with Crippen LogP contribution in [0.25, 0.3) is 16.5 Å². The Kier molecular flexibility index (Phi) is 2.33. The van der Waals surface area contributed by atoms with Crippen LogP contribution in [0.5, 0.6) is 0 Å². The third kappa shape index (κ3) is 1.59. The van der Waals surface area contributed by atoms with E-state index < -0.39 is 0 Å². The molecule has 1 aliphatic rings. The van der Waals surface area contributed by atoms with Crippen molar-refractivity contribution in [2.75, 3.05) is 18.9 Å². The summed E-state index contributed by atoms with van der Waals surface area (Å²) in [5, 5.41) is 5.16. The lowest BCUT2D eigenvalue weighted by molar-refractivity contribution is 0.161. The number of nitrogens with two attached hydrogens (primary N) is 1. The maximum Gasteiger partial charge on any atom is 0.134 e. The maximum absolute atomic E-state index is 5.86. The molecule has 5 heteroatoms. The standard InChI is InChI=1S/C12H14N4O/c1-16-11-9(8-2-4-17-5-3-8)6-14-12(13)10(11)7-15-16/h2,6-7H,3-5H2,1H3,(H2,13,14). The van der Waals surface area contributed by atoms with Crippen LogP contribution < -0.4 is 5.73 Å². The zero-order valence-corrected chi connectivity index (χ0v) is 9.68. The first-order valence-corrected chi connectivity index (χ1v) is 5.60. The summed E-state index contributed by atoms with van der Waals surface area (Å²) in [6, 6.07) is 0. The van der Waals surface area contributed by atoms with Crippen LogP contribution in [-0.4, -0.2) is 28.0 Å². The topological polar surface area (TPSA) is 66.0 Å². The van der Waals surface area contributed by atoms with Crippen molar-refractivity contribution in [2.24, 2.45) is 7.05 Å². The average Bonchev–Trinajstić information content (AvgIpc) is 2.75. The van der Waals surface area contributed by atoms with Gasteiger partial charge in [-0.3, -0.25) is 4.68 Å². The molecule has 0 fully saturated rings. The molecule has 0 bridgehead atoms. The number of nitrogens with zero attached hydrogens (tertiary/aromatic N) is 3. The predicted molar refractivity (Wildman–Crippen MR) is 66.3 cm³/mol. The van der Waals surface area contributed by atoms with Crippen LogP contribution in [0.1, 0.15) is 12.0 Å². The number of rotatable bonds is 1. The van der Waals surface area contributed by atoms with Crippen LogP contribution >= 0.6 is 0 Å². The summed E-state index contributed by atoms with van der Waals surface area (Å²) < 4.78 is 7.17. The molecular formula is C12H14N4O. The molecule has 0 saturated heterocycles. The first kappa shape index (κ1) is 10.3. The molecule has 17 heavy (non-hydrogen) atoms. The summed E-state index contributed by atoms with van der Waals surface area (Å²) in [6.45, 7) is 1.43. The number of aryl methyl sites for hydroxylation is 1. The average molecular weight is 230 g/mol. The molecule has 5 nitrogen and oxygen atoms in total. The number of nitrogen functional groups attached to an aromatic ring is 1. The molecule has 0 aromatic carbocycles. The summed E-state index contributed by atoms with van der Waals surface area (Å²) in [7, 11) is 1.92. The minimum atomic E-state index is 0.532. The molecule has 2 N–H and O–H groups in total. The zero-order chi connectivity index (χ0) is 11.8. The Balaban J connectivity index is 2.25. The van der Waals surface area contributed by atoms with E-state index in [9.17, 15) is 0 Å². The van der Waals surface area contributed by atoms with Gasteiger partial charge >= 0.3 is 0 Å². The molecule has 0 amide bonds. The molecule has 0 unspecified atom stereocenters. The molecule has 0 radical (unpaired) electrons. The van der Waals surface area contributed by atoms with Gasteiger partial charge in [-0.05, 0) is 12.0 Å². The SMILES string of the molecule is Cn1ncc2c(N)ncc(C3=CCOCC3)c21. The monoisotopic (exact) mass is 230 g/mol. The van der Waals surface area contributed by atoms with Crippen molar-refractivity contribution >= 4 is 22.3 Å². The Morgan fingerprint density at radius 2 is 2.29 bits per heavy atom. The van der Waals surface area contributed by atoms with Crippen molar-refractivity contribution in [3.8, 4) is 0 Å². The third-order valence-electron chi connectivity index (χ3n) is 3.11. The summed E-state index contributed by atoms with van der Waals surface area (Å²) in [5.74, 6) is 0.532. The van der Waals surface area contributed by atoms with E-state index in [0.717, 1.165) is 29.5 Å². The minimum absolute atomic E-state index is 0.532. The number of pyridine rings is 1. The van der Waals surface area contributed by atoms with Crippen molar-refractivity contribution in [1.29, 1.82) is 0 Å². The number of anilines is 1. The van der Waals surface area contributed by atoms with E-state index in [4.69, 9.17) is 10.5 Å². The zero-order valence-electron chi connectivity index (χ0n) is 9.68. The van der Waals surface area contributed by atoms with E-state index in [1.54, 1.807) is 6.20 Å². The van der Waals surface area contributed by atoms with Crippen molar-refractivity contribution < 1.29 is 4.74 Å². The quantitative estimate of drug-likeness (QED) is 0.803. The van der Waals surface area contributed by atoms with Gasteiger partial charge in [0.2, 0.25) is 0 Å². The first-order valence-electron chi connectivity index (χ1n) is 5.60. The number of hydrogen-bond donors (Lipinski definition) is 1. The summed E-state index contributed by atoms with van der Waals surface area (Å²) >= 11 is 0. The number of aromatic nitrogens is 3. The number of hydrogen-bond acceptors (Lipinski definition) is 4. The smallest absolute Gasteiger partial charge is 0.134 e. The molecule has 3 rings (SSSR count). The highest BCUT2D eigenvalue weighted by molar-refractivity contribution is 5.96. The van der Waals surface area contributed by atoms with Gasteiger partial charge in [-0.1, -0.05) is 6.08 Å². The lowest BCUT2D eigenvalue weighted by atomic mass is 10.0. The maximum atomic E-state index is 5.86. The fraction of sp³-hybridized carbons (Fsp3) is 0.333. The lowest BCUT2D eigenvalue weighted by Crippen LogP contribution is -2.06. The molecule has 0 aliphatic carbocycles. The molecule has 3 heterocycles. The largest absolute Gasteiger partial charge is 0.383 e. The predicted octanol–water partition coefficient (Wildman–Crippen LogP) is 1.35. The van der Waals surface area contributed by atoms with Crippen LogP contribution in [0.15, 0.2) is 18.5 Å². The fourth-order valence-corrected chi connectivity index (χ4v) is 2.22. The Morgan fingerprint density at radius 1 is 1.41 bits per heavy atom. The molecule has 88 valence electrons. The Morgan fingerprint density at radius 3 is 3.06 bits per heavy atom. The Hall–Kier alpha value is -1.88. The van der Waals surface area contributed by atoms with Crippen molar-refractivity contribution in [3.63, 3.8) is 0 Å². The van der Waals surface area contributed by atoms with E-state index in [-0.39, 0.29) is 0 Å². The van der Waals surface area contributed by atoms with Crippen LogP contribution in [0.2, 0.25) is 0 Å². The fourth-order valence-electron chi connectivity index (χ4n) is 2.22. The minimum Gasteiger partial charge on any atom is -0.383 e. The van der Waals surface area contributed by atoms with Crippen LogP contribution in [0.3, 0.4) is 0 Å². The molecule has 2 aromatic rings. The molecule has 0 saturated carbocycles. The highest BCUT2D eigenvalue weighted by atomic mass is 16.5. The summed E-state index contributed by atoms with van der Waals surface area (Å²) in [6.07, 6.45) is 6.60. The highest BCUT2D eigenvalue weighted by Crippen LogP contribution is 2.29. The van der Waals surface area contributed by atoms with Crippen molar-refractivity contribution in [1.82, 2.24) is 14.8 Å². The van der Waals surface area contributed by atoms with E-state index in [0.29, 0.717) is 12.4 Å². The van der Waals surface area contributed by atoms with Gasteiger partial charge in [0.05, 0.1) is 30.3 Å². The molecule has 2 aromatic heterocycles. The van der Waals surface area contributed by atoms with E-state index in [1.165, 1.54) is 5.57 Å². The van der Waals surface area contributed by atoms with Gasteiger partial charge in [0, 0.05) is 18.8 Å². The Labute approximate surface area is 98.9 Å². The van der Waals surface area contributed by atoms with Gasteiger partial charge in [-0.15, -0.1) is 0 Å². The van der Waals surface area contributed by atoms with E-state index >= 15 is 0 Å². The normalized spacial score (nSPS) is 16.2. The van der Waals surface area contributed by atoms with Gasteiger partial charge in [-0.25, -0.2) is 4.98 Å². The highest BCUT2D eigenvalue weighted by Gasteiger charge is 2.14. The van der Waals surface area contributed by atoms with Gasteiger partial charge in [-0.2, -0.15) is 5.10 Å². The molecule has 1 aliphatic heterocycles. The van der Waals surface area contributed by atoms with Gasteiger partial charge < -0.3 is 10.5 Å². The van der Waals surface area contributed by atoms with Gasteiger partial charge in [0.1, 0.15) is 5.82 Å². The van der Waals surface area contributed by atoms with Crippen LogP contribution in [0, 0.1) is 0 Å². The summed E-state index contributed by atoms with van der Waals surface area (Å²) in [4.78, 5) is 4.24. The Bertz CT molecular complexity index is 600. The molecular weight excluding hydrogens is 216 g/mol. The van der Waals surface area contributed by atoms with Gasteiger partial charge in [0.15, 0.2) is 0 Å². The molecule has 0 atom stereocenters. The molecule has 0 spiro atoms. The van der Waals surface area contributed by atoms with Crippen molar-refractivity contribution in [2.45, 2.75) is 6.42 Å². The van der Waals surface area contributed by atoms with Crippen molar-refractivity contribution in [3.05, 3.63) is 24.0 Å². The second kappa shape index (κ2) is 3.85. The second-order valence-corrected chi connectivity index (χ2v) is 4.14. The third-order valence-corrected chi connectivity index (χ3v) is 3.11. The van der Waals surface area contributed by atoms with Gasteiger partial charge in [0.25, 0.3) is 0 Å². The van der Waals surface area contributed by atoms with E-state index in [2.05, 4.69) is 16.2 Å². The number of fused-ring (bicyclic) bond motifs is 1. The lowest BCUT2D eigenvalue weighted by Gasteiger charge is -2.15. The summed E-state index contributed by atoms with van der Waals surface area (Å²) in [5.41, 5.74) is 9.28.